The Bertz CT molecular complexity index is 1020. The molecule has 0 unspecified atom stereocenters. The lowest BCUT2D eigenvalue weighted by atomic mass is 10.2. The number of nitrogens with zero attached hydrogens (tertiary/aromatic N) is 2. The number of furan rings is 1. The summed E-state index contributed by atoms with van der Waals surface area (Å²) >= 11 is 1.35. The zero-order chi connectivity index (χ0) is 20.8. The van der Waals surface area contributed by atoms with Gasteiger partial charge in [0.05, 0.1) is 17.5 Å². The lowest BCUT2D eigenvalue weighted by molar-refractivity contribution is -0.122. The zero-order valence-electron chi connectivity index (χ0n) is 16.2. The Labute approximate surface area is 172 Å². The van der Waals surface area contributed by atoms with Crippen molar-refractivity contribution in [3.8, 4) is 17.3 Å². The molecule has 2 N–H and O–H groups in total. The molecule has 3 rings (SSSR count). The highest BCUT2D eigenvalue weighted by atomic mass is 32.2. The average Bonchev–Trinajstić information content (AvgIpc) is 3.26. The summed E-state index contributed by atoms with van der Waals surface area (Å²) in [6.45, 7) is 1.65. The van der Waals surface area contributed by atoms with E-state index in [0.717, 1.165) is 0 Å². The quantitative estimate of drug-likeness (QED) is 0.453. The maximum atomic E-state index is 12.9. The van der Waals surface area contributed by atoms with Crippen molar-refractivity contribution < 1.29 is 18.7 Å². The van der Waals surface area contributed by atoms with Gasteiger partial charge in [-0.25, -0.2) is 9.97 Å². The Morgan fingerprint density at radius 2 is 2.03 bits per heavy atom. The number of amides is 2. The largest absolute Gasteiger partial charge is 0.484 e. The monoisotopic (exact) mass is 412 g/mol. The molecule has 0 spiro atoms. The van der Waals surface area contributed by atoms with Crippen LogP contribution in [0.25, 0.3) is 11.6 Å². The minimum absolute atomic E-state index is 0.105. The minimum atomic E-state index is -0.332. The van der Waals surface area contributed by atoms with Crippen LogP contribution in [-0.2, 0) is 4.79 Å². The number of carbonyl (C=O) groups excluding carboxylic acids is 2. The molecular formula is C20H20N4O4S. The number of anilines is 1. The van der Waals surface area contributed by atoms with Crippen molar-refractivity contribution in [2.75, 3.05) is 25.2 Å². The molecule has 0 atom stereocenters. The number of rotatable bonds is 7. The Morgan fingerprint density at radius 1 is 1.21 bits per heavy atom. The van der Waals surface area contributed by atoms with Crippen LogP contribution in [0.4, 0.5) is 5.69 Å². The van der Waals surface area contributed by atoms with Crippen LogP contribution >= 0.6 is 11.8 Å². The maximum absolute atomic E-state index is 12.9. The molecule has 2 heterocycles. The predicted octanol–water partition coefficient (Wildman–Crippen LogP) is 3.14. The molecule has 0 radical (unpaired) electrons. The van der Waals surface area contributed by atoms with Crippen LogP contribution in [0.5, 0.6) is 5.75 Å². The molecule has 2 aromatic heterocycles. The third-order valence-electron chi connectivity index (χ3n) is 3.96. The minimum Gasteiger partial charge on any atom is -0.484 e. The Hall–Kier alpha value is -3.33. The van der Waals surface area contributed by atoms with Gasteiger partial charge in [0.1, 0.15) is 10.8 Å². The highest BCUT2D eigenvalue weighted by Gasteiger charge is 2.20. The van der Waals surface area contributed by atoms with Gasteiger partial charge in [0, 0.05) is 18.8 Å². The molecule has 0 aliphatic rings. The second kappa shape index (κ2) is 9.24. The van der Waals surface area contributed by atoms with E-state index in [0.29, 0.717) is 39.3 Å². The van der Waals surface area contributed by atoms with E-state index in [-0.39, 0.29) is 18.4 Å². The number of thioether (sulfide) groups is 1. The van der Waals surface area contributed by atoms with Crippen molar-refractivity contribution in [2.24, 2.45) is 0 Å². The summed E-state index contributed by atoms with van der Waals surface area (Å²) in [6.07, 6.45) is 3.39. The van der Waals surface area contributed by atoms with E-state index in [1.165, 1.54) is 18.8 Å². The molecular weight excluding hydrogens is 392 g/mol. The van der Waals surface area contributed by atoms with Crippen LogP contribution in [-0.4, -0.2) is 41.7 Å². The fourth-order valence-corrected chi connectivity index (χ4v) is 3.17. The molecule has 0 aliphatic heterocycles. The van der Waals surface area contributed by atoms with E-state index in [4.69, 9.17) is 9.15 Å². The van der Waals surface area contributed by atoms with Crippen LogP contribution in [0.1, 0.15) is 16.1 Å². The molecule has 0 aliphatic carbocycles. The van der Waals surface area contributed by atoms with E-state index >= 15 is 0 Å². The Morgan fingerprint density at radius 3 is 2.72 bits per heavy atom. The molecule has 9 heteroatoms. The normalized spacial score (nSPS) is 10.4. The van der Waals surface area contributed by atoms with Gasteiger partial charge in [-0.1, -0.05) is 6.07 Å². The van der Waals surface area contributed by atoms with Gasteiger partial charge in [-0.2, -0.15) is 0 Å². The number of hydrogen-bond acceptors (Lipinski definition) is 7. The average molecular weight is 412 g/mol. The second-order valence-electron chi connectivity index (χ2n) is 5.94. The summed E-state index contributed by atoms with van der Waals surface area (Å²) in [6, 6.07) is 10.3. The molecule has 0 bridgehead atoms. The first-order valence-corrected chi connectivity index (χ1v) is 9.95. The molecule has 150 valence electrons. The maximum Gasteiger partial charge on any atom is 0.260 e. The van der Waals surface area contributed by atoms with Crippen molar-refractivity contribution in [3.63, 3.8) is 0 Å². The third-order valence-corrected chi connectivity index (χ3v) is 4.64. The van der Waals surface area contributed by atoms with Gasteiger partial charge in [-0.15, -0.1) is 11.8 Å². The van der Waals surface area contributed by atoms with Crippen LogP contribution < -0.4 is 15.4 Å². The number of nitrogens with one attached hydrogen (secondary N) is 2. The number of carbonyl (C=O) groups is 2. The van der Waals surface area contributed by atoms with Gasteiger partial charge >= 0.3 is 0 Å². The molecule has 29 heavy (non-hydrogen) atoms. The van der Waals surface area contributed by atoms with E-state index in [2.05, 4.69) is 20.6 Å². The number of aromatic nitrogens is 2. The van der Waals surface area contributed by atoms with E-state index in [9.17, 15) is 9.59 Å². The fourth-order valence-electron chi connectivity index (χ4n) is 2.55. The van der Waals surface area contributed by atoms with E-state index in [1.807, 2.05) is 6.26 Å². The predicted molar refractivity (Wildman–Crippen MR) is 110 cm³/mol. The summed E-state index contributed by atoms with van der Waals surface area (Å²) in [5.41, 5.74) is 1.47. The van der Waals surface area contributed by atoms with Crippen LogP contribution in [0, 0.1) is 6.92 Å². The zero-order valence-corrected chi connectivity index (χ0v) is 17.0. The van der Waals surface area contributed by atoms with Crippen molar-refractivity contribution in [2.45, 2.75) is 11.9 Å². The van der Waals surface area contributed by atoms with Gasteiger partial charge in [0.2, 0.25) is 0 Å². The van der Waals surface area contributed by atoms with Crippen LogP contribution in [0.3, 0.4) is 0 Å². The Balaban J connectivity index is 1.81. The first kappa shape index (κ1) is 20.4. The van der Waals surface area contributed by atoms with Crippen molar-refractivity contribution >= 4 is 29.3 Å². The Kier molecular flexibility index (Phi) is 6.50. The number of aryl methyl sites for hydroxylation is 1. The summed E-state index contributed by atoms with van der Waals surface area (Å²) in [7, 11) is 1.53. The molecule has 2 amide bonds. The van der Waals surface area contributed by atoms with Crippen LogP contribution in [0.2, 0.25) is 0 Å². The first-order valence-electron chi connectivity index (χ1n) is 8.73. The van der Waals surface area contributed by atoms with Crippen LogP contribution in [0.15, 0.2) is 52.1 Å². The topological polar surface area (TPSA) is 106 Å². The molecule has 1 aromatic carbocycles. The molecule has 0 saturated carbocycles. The highest BCUT2D eigenvalue weighted by Crippen LogP contribution is 2.26. The first-order chi connectivity index (χ1) is 14.0. The van der Waals surface area contributed by atoms with Crippen molar-refractivity contribution in [1.82, 2.24) is 15.3 Å². The van der Waals surface area contributed by atoms with Crippen molar-refractivity contribution in [1.29, 1.82) is 0 Å². The lowest BCUT2D eigenvalue weighted by Crippen LogP contribution is -2.24. The molecule has 3 aromatic rings. The van der Waals surface area contributed by atoms with Crippen molar-refractivity contribution in [3.05, 3.63) is 53.9 Å². The molecule has 0 fully saturated rings. The summed E-state index contributed by atoms with van der Waals surface area (Å²) < 4.78 is 10.8. The SMILES string of the molecule is CNC(=O)COc1cccc(NC(=O)c2c(C)nc(-c3ccco3)nc2SC)c1. The summed E-state index contributed by atoms with van der Waals surface area (Å²) in [5, 5.41) is 5.86. The standard InChI is InChI=1S/C20H20N4O4S/c1-12-17(20(29-3)24-18(22-12)15-8-5-9-27-15)19(26)23-13-6-4-7-14(10-13)28-11-16(25)21-2/h4-10H,11H2,1-3H3,(H,21,25)(H,23,26). The number of likely N-dealkylation sites (N-methyl/N-ethyl adjacent to an activating group) is 1. The van der Waals surface area contributed by atoms with Gasteiger partial charge in [0.25, 0.3) is 11.8 Å². The number of hydrogen-bond donors (Lipinski definition) is 2. The highest BCUT2D eigenvalue weighted by molar-refractivity contribution is 7.98. The number of ether oxygens (including phenoxy) is 1. The van der Waals surface area contributed by atoms with E-state index in [1.54, 1.807) is 49.6 Å². The van der Waals surface area contributed by atoms with Gasteiger partial charge < -0.3 is 19.8 Å². The smallest absolute Gasteiger partial charge is 0.260 e. The van der Waals surface area contributed by atoms with E-state index < -0.39 is 0 Å². The van der Waals surface area contributed by atoms with Gasteiger partial charge in [-0.3, -0.25) is 9.59 Å². The molecule has 8 nitrogen and oxygen atoms in total. The summed E-state index contributed by atoms with van der Waals surface area (Å²) in [5.74, 6) is 0.863. The third kappa shape index (κ3) is 4.94. The number of benzene rings is 1. The lowest BCUT2D eigenvalue weighted by Gasteiger charge is -2.12. The van der Waals surface area contributed by atoms with Gasteiger partial charge in [0.15, 0.2) is 18.2 Å². The second-order valence-corrected chi connectivity index (χ2v) is 6.73. The fraction of sp³-hybridized carbons (Fsp3) is 0.200. The van der Waals surface area contributed by atoms with Gasteiger partial charge in [-0.05, 0) is 37.4 Å². The summed E-state index contributed by atoms with van der Waals surface area (Å²) in [4.78, 5) is 33.1. The molecule has 0 saturated heterocycles.